The predicted octanol–water partition coefficient (Wildman–Crippen LogP) is 2.68. The molecule has 0 atom stereocenters. The Kier molecular flexibility index (Phi) is 4.06. The third-order valence-electron chi connectivity index (χ3n) is 3.77. The molecule has 0 aliphatic carbocycles. The largest absolute Gasteiger partial charge is 0.487 e. The zero-order valence-electron chi connectivity index (χ0n) is 12.6. The molecule has 0 unspecified atom stereocenters. The molecule has 0 radical (unpaired) electrons. The maximum absolute atomic E-state index is 5.84. The number of nitrogens with zero attached hydrogens (tertiary/aromatic N) is 2. The summed E-state index contributed by atoms with van der Waals surface area (Å²) in [6.45, 7) is 4.56. The van der Waals surface area contributed by atoms with Crippen LogP contribution in [0.3, 0.4) is 0 Å². The number of aromatic nitrogens is 2. The first kappa shape index (κ1) is 13.9. The highest BCUT2D eigenvalue weighted by Gasteiger charge is 2.06. The third kappa shape index (κ3) is 3.34. The van der Waals surface area contributed by atoms with Crippen LogP contribution in [0.25, 0.3) is 5.57 Å². The summed E-state index contributed by atoms with van der Waals surface area (Å²) in [4.78, 5) is 0. The van der Waals surface area contributed by atoms with Crippen molar-refractivity contribution in [3.63, 3.8) is 0 Å². The van der Waals surface area contributed by atoms with Gasteiger partial charge in [0.05, 0.1) is 11.4 Å². The minimum absolute atomic E-state index is 0.545. The summed E-state index contributed by atoms with van der Waals surface area (Å²) in [5, 5.41) is 7.65. The molecule has 0 saturated heterocycles. The lowest BCUT2D eigenvalue weighted by Crippen LogP contribution is -2.19. The van der Waals surface area contributed by atoms with E-state index in [1.807, 2.05) is 36.9 Å². The quantitative estimate of drug-likeness (QED) is 0.937. The number of ether oxygens (including phenoxy) is 1. The molecule has 1 aliphatic rings. The number of hydrogen-bond acceptors (Lipinski definition) is 3. The van der Waals surface area contributed by atoms with Crippen molar-refractivity contribution >= 4 is 5.57 Å². The molecule has 2 heterocycles. The van der Waals surface area contributed by atoms with Gasteiger partial charge in [-0.2, -0.15) is 5.10 Å². The van der Waals surface area contributed by atoms with Crippen molar-refractivity contribution in [3.05, 3.63) is 53.4 Å². The predicted molar refractivity (Wildman–Crippen MR) is 84.2 cm³/mol. The molecule has 3 rings (SSSR count). The van der Waals surface area contributed by atoms with Gasteiger partial charge < -0.3 is 10.1 Å². The second kappa shape index (κ2) is 6.14. The maximum atomic E-state index is 5.84. The van der Waals surface area contributed by atoms with Gasteiger partial charge in [-0.15, -0.1) is 0 Å². The lowest BCUT2D eigenvalue weighted by atomic mass is 10.0. The molecule has 1 N–H and O–H groups in total. The highest BCUT2D eigenvalue weighted by molar-refractivity contribution is 5.67. The van der Waals surface area contributed by atoms with E-state index in [1.165, 1.54) is 11.1 Å². The number of nitrogens with one attached hydrogen (secondary N) is 1. The Balaban J connectivity index is 1.64. The minimum Gasteiger partial charge on any atom is -0.487 e. The SMILES string of the molecule is Cc1cc(COc2ccc(C3=CCNCC3)cc2)n(C)n1. The average Bonchev–Trinajstić information content (AvgIpc) is 2.84. The van der Waals surface area contributed by atoms with Gasteiger partial charge in [0.2, 0.25) is 0 Å². The summed E-state index contributed by atoms with van der Waals surface area (Å²) in [6, 6.07) is 10.4. The number of rotatable bonds is 4. The van der Waals surface area contributed by atoms with Crippen molar-refractivity contribution in [1.82, 2.24) is 15.1 Å². The number of aryl methyl sites for hydroxylation is 2. The van der Waals surface area contributed by atoms with Gasteiger partial charge >= 0.3 is 0 Å². The number of hydrogen-bond donors (Lipinski definition) is 1. The molecule has 0 fully saturated rings. The molecule has 1 aromatic carbocycles. The Hall–Kier alpha value is -2.07. The molecular formula is C17H21N3O. The van der Waals surface area contributed by atoms with Crippen molar-refractivity contribution < 1.29 is 4.74 Å². The minimum atomic E-state index is 0.545. The molecule has 0 amide bonds. The fraction of sp³-hybridized carbons (Fsp3) is 0.353. The second-order valence-electron chi connectivity index (χ2n) is 5.40. The van der Waals surface area contributed by atoms with Gasteiger partial charge in [-0.25, -0.2) is 0 Å². The van der Waals surface area contributed by atoms with Crippen molar-refractivity contribution in [2.24, 2.45) is 7.05 Å². The molecule has 0 spiro atoms. The van der Waals surface area contributed by atoms with Gasteiger partial charge in [-0.1, -0.05) is 18.2 Å². The van der Waals surface area contributed by atoms with Crippen molar-refractivity contribution in [2.45, 2.75) is 20.0 Å². The van der Waals surface area contributed by atoms with Crippen LogP contribution in [0.1, 0.15) is 23.4 Å². The highest BCUT2D eigenvalue weighted by atomic mass is 16.5. The van der Waals surface area contributed by atoms with Crippen molar-refractivity contribution in [1.29, 1.82) is 0 Å². The van der Waals surface area contributed by atoms with Crippen molar-refractivity contribution in [2.75, 3.05) is 13.1 Å². The molecule has 21 heavy (non-hydrogen) atoms. The fourth-order valence-electron chi connectivity index (χ4n) is 2.61. The summed E-state index contributed by atoms with van der Waals surface area (Å²) < 4.78 is 7.70. The van der Waals surface area contributed by atoms with E-state index >= 15 is 0 Å². The molecule has 1 aliphatic heterocycles. The van der Waals surface area contributed by atoms with E-state index in [4.69, 9.17) is 4.74 Å². The van der Waals surface area contributed by atoms with E-state index in [0.717, 1.165) is 36.6 Å². The van der Waals surface area contributed by atoms with Gasteiger partial charge in [0.15, 0.2) is 0 Å². The van der Waals surface area contributed by atoms with Crippen LogP contribution < -0.4 is 10.1 Å². The van der Waals surface area contributed by atoms with Gasteiger partial charge in [0.1, 0.15) is 12.4 Å². The summed E-state index contributed by atoms with van der Waals surface area (Å²) in [7, 11) is 1.94. The molecule has 4 nitrogen and oxygen atoms in total. The monoisotopic (exact) mass is 283 g/mol. The Morgan fingerprint density at radius 1 is 1.29 bits per heavy atom. The zero-order valence-corrected chi connectivity index (χ0v) is 12.6. The normalized spacial score (nSPS) is 14.9. The fourth-order valence-corrected chi connectivity index (χ4v) is 2.61. The van der Waals surface area contributed by atoms with Gasteiger partial charge in [-0.3, -0.25) is 4.68 Å². The molecule has 110 valence electrons. The summed E-state index contributed by atoms with van der Waals surface area (Å²) in [5.41, 5.74) is 4.81. The van der Waals surface area contributed by atoms with Crippen LogP contribution in [0.4, 0.5) is 0 Å². The standard InChI is InChI=1S/C17H21N3O/c1-13-11-16(20(2)19-13)12-21-17-5-3-14(4-6-17)15-7-9-18-10-8-15/h3-7,11,18H,8-10,12H2,1-2H3. The van der Waals surface area contributed by atoms with Crippen molar-refractivity contribution in [3.8, 4) is 5.75 Å². The van der Waals surface area contributed by atoms with E-state index in [-0.39, 0.29) is 0 Å². The molecule has 4 heteroatoms. The summed E-state index contributed by atoms with van der Waals surface area (Å²) >= 11 is 0. The second-order valence-corrected chi connectivity index (χ2v) is 5.40. The maximum Gasteiger partial charge on any atom is 0.130 e. The van der Waals surface area contributed by atoms with E-state index in [1.54, 1.807) is 0 Å². The first-order chi connectivity index (χ1) is 10.2. The molecule has 0 saturated carbocycles. The van der Waals surface area contributed by atoms with E-state index < -0.39 is 0 Å². The zero-order chi connectivity index (χ0) is 14.7. The Morgan fingerprint density at radius 3 is 2.71 bits per heavy atom. The van der Waals surface area contributed by atoms with Crippen LogP contribution in [0, 0.1) is 6.92 Å². The van der Waals surface area contributed by atoms with E-state index in [2.05, 4.69) is 28.6 Å². The van der Waals surface area contributed by atoms with Crippen LogP contribution in [-0.4, -0.2) is 22.9 Å². The van der Waals surface area contributed by atoms with Gasteiger partial charge in [-0.05, 0) is 49.2 Å². The first-order valence-corrected chi connectivity index (χ1v) is 7.35. The molecule has 0 bridgehead atoms. The van der Waals surface area contributed by atoms with Crippen LogP contribution in [0.2, 0.25) is 0 Å². The van der Waals surface area contributed by atoms with E-state index in [0.29, 0.717) is 6.61 Å². The van der Waals surface area contributed by atoms with Gasteiger partial charge in [0.25, 0.3) is 0 Å². The summed E-state index contributed by atoms with van der Waals surface area (Å²) in [6.07, 6.45) is 3.35. The summed E-state index contributed by atoms with van der Waals surface area (Å²) in [5.74, 6) is 0.895. The topological polar surface area (TPSA) is 39.1 Å². The highest BCUT2D eigenvalue weighted by Crippen LogP contribution is 2.22. The smallest absolute Gasteiger partial charge is 0.130 e. The van der Waals surface area contributed by atoms with Crippen LogP contribution in [0.15, 0.2) is 36.4 Å². The Bertz CT molecular complexity index is 641. The third-order valence-corrected chi connectivity index (χ3v) is 3.77. The molecule has 2 aromatic rings. The lowest BCUT2D eigenvalue weighted by Gasteiger charge is -2.14. The molecule has 1 aromatic heterocycles. The number of benzene rings is 1. The Morgan fingerprint density at radius 2 is 2.10 bits per heavy atom. The van der Waals surface area contributed by atoms with Crippen LogP contribution in [0.5, 0.6) is 5.75 Å². The average molecular weight is 283 g/mol. The molecular weight excluding hydrogens is 262 g/mol. The Labute approximate surface area is 125 Å². The van der Waals surface area contributed by atoms with Crippen LogP contribution >= 0.6 is 0 Å². The first-order valence-electron chi connectivity index (χ1n) is 7.35. The van der Waals surface area contributed by atoms with Gasteiger partial charge in [0, 0.05) is 13.6 Å². The van der Waals surface area contributed by atoms with E-state index in [9.17, 15) is 0 Å². The lowest BCUT2D eigenvalue weighted by molar-refractivity contribution is 0.295. The van der Waals surface area contributed by atoms with Crippen LogP contribution in [-0.2, 0) is 13.7 Å².